The van der Waals surface area contributed by atoms with Gasteiger partial charge in [0.15, 0.2) is 0 Å². The Morgan fingerprint density at radius 2 is 1.92 bits per heavy atom. The lowest BCUT2D eigenvalue weighted by atomic mass is 10.1. The van der Waals surface area contributed by atoms with E-state index in [-0.39, 0.29) is 18.2 Å². The number of aryl methyl sites for hydroxylation is 1. The predicted octanol–water partition coefficient (Wildman–Crippen LogP) is 1.73. The second-order valence-electron chi connectivity index (χ2n) is 5.47. The molecule has 24 heavy (non-hydrogen) atoms. The number of hydrogen-bond donors (Lipinski definition) is 2. The SMILES string of the molecule is COc1cc(NC(=O)[C@@H]2CC(=O)Nc3cc(C)nn32)cc(OC)c1. The van der Waals surface area contributed by atoms with Gasteiger partial charge in [0.05, 0.1) is 26.3 Å². The number of hydrogen-bond acceptors (Lipinski definition) is 5. The second-order valence-corrected chi connectivity index (χ2v) is 5.47. The van der Waals surface area contributed by atoms with Crippen LogP contribution in [0.5, 0.6) is 11.5 Å². The Labute approximate surface area is 138 Å². The molecule has 0 fully saturated rings. The summed E-state index contributed by atoms with van der Waals surface area (Å²) in [5, 5.41) is 9.79. The third-order valence-electron chi connectivity index (χ3n) is 3.72. The van der Waals surface area contributed by atoms with Crippen molar-refractivity contribution in [3.63, 3.8) is 0 Å². The minimum Gasteiger partial charge on any atom is -0.497 e. The molecule has 0 spiro atoms. The van der Waals surface area contributed by atoms with Crippen molar-refractivity contribution < 1.29 is 19.1 Å². The smallest absolute Gasteiger partial charge is 0.249 e. The van der Waals surface area contributed by atoms with Crippen LogP contribution in [0.2, 0.25) is 0 Å². The highest BCUT2D eigenvalue weighted by Gasteiger charge is 2.31. The minimum absolute atomic E-state index is 0.0288. The molecule has 2 heterocycles. The number of carbonyl (C=O) groups excluding carboxylic acids is 2. The Bertz CT molecular complexity index is 777. The number of nitrogens with one attached hydrogen (secondary N) is 2. The van der Waals surface area contributed by atoms with E-state index in [1.54, 1.807) is 31.2 Å². The molecule has 2 aromatic rings. The Morgan fingerprint density at radius 1 is 1.25 bits per heavy atom. The molecular formula is C16H18N4O4. The van der Waals surface area contributed by atoms with Gasteiger partial charge in [0, 0.05) is 30.0 Å². The molecule has 8 heteroatoms. The van der Waals surface area contributed by atoms with Crippen LogP contribution in [0.4, 0.5) is 11.5 Å². The Hall–Kier alpha value is -3.03. The molecule has 0 saturated heterocycles. The first-order chi connectivity index (χ1) is 11.5. The molecule has 3 rings (SSSR count). The summed E-state index contributed by atoms with van der Waals surface area (Å²) in [5.74, 6) is 1.09. The fraction of sp³-hybridized carbons (Fsp3) is 0.312. The van der Waals surface area contributed by atoms with Crippen molar-refractivity contribution in [2.45, 2.75) is 19.4 Å². The van der Waals surface area contributed by atoms with E-state index in [4.69, 9.17) is 9.47 Å². The summed E-state index contributed by atoms with van der Waals surface area (Å²) < 4.78 is 11.9. The maximum absolute atomic E-state index is 12.7. The van der Waals surface area contributed by atoms with Crippen molar-refractivity contribution in [2.75, 3.05) is 24.9 Å². The third-order valence-corrected chi connectivity index (χ3v) is 3.72. The summed E-state index contributed by atoms with van der Waals surface area (Å²) in [7, 11) is 3.06. The zero-order valence-electron chi connectivity index (χ0n) is 13.6. The lowest BCUT2D eigenvalue weighted by molar-refractivity contribution is -0.125. The van der Waals surface area contributed by atoms with Gasteiger partial charge in [0.25, 0.3) is 0 Å². The van der Waals surface area contributed by atoms with Crippen molar-refractivity contribution in [3.8, 4) is 11.5 Å². The summed E-state index contributed by atoms with van der Waals surface area (Å²) in [6.07, 6.45) is 0.0288. The van der Waals surface area contributed by atoms with E-state index in [1.165, 1.54) is 18.9 Å². The van der Waals surface area contributed by atoms with E-state index in [1.807, 2.05) is 0 Å². The molecule has 2 amide bonds. The van der Waals surface area contributed by atoms with Gasteiger partial charge in [-0.2, -0.15) is 5.10 Å². The highest BCUT2D eigenvalue weighted by Crippen LogP contribution is 2.29. The number of nitrogens with zero attached hydrogens (tertiary/aromatic N) is 2. The molecule has 1 aliphatic rings. The van der Waals surface area contributed by atoms with Crippen LogP contribution in [0, 0.1) is 6.92 Å². The number of aromatic nitrogens is 2. The molecule has 0 aliphatic carbocycles. The molecule has 8 nitrogen and oxygen atoms in total. The standard InChI is InChI=1S/C16H18N4O4/c1-9-4-14-18-15(21)8-13(20(14)19-9)16(22)17-10-5-11(23-2)7-12(6-10)24-3/h4-7,13H,8H2,1-3H3,(H,17,22)(H,18,21)/t13-/m0/s1. The van der Waals surface area contributed by atoms with Gasteiger partial charge in [-0.05, 0) is 6.92 Å². The monoisotopic (exact) mass is 330 g/mol. The van der Waals surface area contributed by atoms with Gasteiger partial charge in [-0.25, -0.2) is 4.68 Å². The van der Waals surface area contributed by atoms with Crippen molar-refractivity contribution in [1.29, 1.82) is 0 Å². The number of carbonyl (C=O) groups is 2. The van der Waals surface area contributed by atoms with Crippen LogP contribution >= 0.6 is 0 Å². The number of benzene rings is 1. The van der Waals surface area contributed by atoms with Gasteiger partial charge in [0.1, 0.15) is 23.4 Å². The van der Waals surface area contributed by atoms with E-state index < -0.39 is 6.04 Å². The fourth-order valence-corrected chi connectivity index (χ4v) is 2.61. The fourth-order valence-electron chi connectivity index (χ4n) is 2.61. The largest absolute Gasteiger partial charge is 0.497 e. The van der Waals surface area contributed by atoms with E-state index in [0.29, 0.717) is 23.0 Å². The number of ether oxygens (including phenoxy) is 2. The molecule has 1 atom stereocenters. The molecule has 0 radical (unpaired) electrons. The van der Waals surface area contributed by atoms with Gasteiger partial charge in [-0.3, -0.25) is 9.59 Å². The molecule has 0 unspecified atom stereocenters. The van der Waals surface area contributed by atoms with Crippen LogP contribution in [0.1, 0.15) is 18.2 Å². The first-order valence-corrected chi connectivity index (χ1v) is 7.40. The van der Waals surface area contributed by atoms with E-state index >= 15 is 0 Å². The van der Waals surface area contributed by atoms with E-state index in [2.05, 4.69) is 15.7 Å². The zero-order valence-corrected chi connectivity index (χ0v) is 13.6. The second kappa shape index (κ2) is 6.23. The van der Waals surface area contributed by atoms with E-state index in [9.17, 15) is 9.59 Å². The predicted molar refractivity (Wildman–Crippen MR) is 87.4 cm³/mol. The molecule has 1 aromatic carbocycles. The van der Waals surface area contributed by atoms with Gasteiger partial charge < -0.3 is 20.1 Å². The normalized spacial score (nSPS) is 16.1. The number of amides is 2. The molecule has 0 saturated carbocycles. The Kier molecular flexibility index (Phi) is 4.11. The van der Waals surface area contributed by atoms with Gasteiger partial charge in [-0.1, -0.05) is 0 Å². The van der Waals surface area contributed by atoms with Gasteiger partial charge in [0.2, 0.25) is 11.8 Å². The van der Waals surface area contributed by atoms with Crippen molar-refractivity contribution in [2.24, 2.45) is 0 Å². The molecule has 0 bridgehead atoms. The first kappa shape index (κ1) is 15.9. The molecule has 1 aliphatic heterocycles. The minimum atomic E-state index is -0.709. The average Bonchev–Trinajstić information content (AvgIpc) is 2.93. The number of fused-ring (bicyclic) bond motifs is 1. The summed E-state index contributed by atoms with van der Waals surface area (Å²) in [6.45, 7) is 1.80. The maximum atomic E-state index is 12.7. The van der Waals surface area contributed by atoms with Gasteiger partial charge >= 0.3 is 0 Å². The molecule has 1 aromatic heterocycles. The van der Waals surface area contributed by atoms with Crippen LogP contribution in [-0.2, 0) is 9.59 Å². The van der Waals surface area contributed by atoms with Crippen LogP contribution in [0.25, 0.3) is 0 Å². The lowest BCUT2D eigenvalue weighted by Crippen LogP contribution is -2.35. The zero-order chi connectivity index (χ0) is 17.3. The summed E-state index contributed by atoms with van der Waals surface area (Å²) in [5.41, 5.74) is 1.25. The summed E-state index contributed by atoms with van der Waals surface area (Å²) in [4.78, 5) is 24.5. The third kappa shape index (κ3) is 3.03. The Balaban J connectivity index is 1.86. The average molecular weight is 330 g/mol. The highest BCUT2D eigenvalue weighted by atomic mass is 16.5. The first-order valence-electron chi connectivity index (χ1n) is 7.40. The van der Waals surface area contributed by atoms with Gasteiger partial charge in [-0.15, -0.1) is 0 Å². The molecular weight excluding hydrogens is 312 g/mol. The van der Waals surface area contributed by atoms with Crippen LogP contribution in [-0.4, -0.2) is 35.8 Å². The van der Waals surface area contributed by atoms with Crippen molar-refractivity contribution in [3.05, 3.63) is 30.0 Å². The van der Waals surface area contributed by atoms with Crippen LogP contribution in [0.15, 0.2) is 24.3 Å². The van der Waals surface area contributed by atoms with Crippen LogP contribution in [0.3, 0.4) is 0 Å². The summed E-state index contributed by atoms with van der Waals surface area (Å²) >= 11 is 0. The number of anilines is 2. The molecule has 126 valence electrons. The summed E-state index contributed by atoms with van der Waals surface area (Å²) in [6, 6.07) is 6.08. The van der Waals surface area contributed by atoms with Crippen molar-refractivity contribution >= 4 is 23.3 Å². The van der Waals surface area contributed by atoms with E-state index in [0.717, 1.165) is 5.69 Å². The maximum Gasteiger partial charge on any atom is 0.249 e. The van der Waals surface area contributed by atoms with Crippen LogP contribution < -0.4 is 20.1 Å². The number of methoxy groups -OCH3 is 2. The number of rotatable bonds is 4. The molecule has 2 N–H and O–H groups in total. The Morgan fingerprint density at radius 3 is 2.54 bits per heavy atom. The van der Waals surface area contributed by atoms with Crippen molar-refractivity contribution in [1.82, 2.24) is 9.78 Å². The lowest BCUT2D eigenvalue weighted by Gasteiger charge is -2.23. The quantitative estimate of drug-likeness (QED) is 0.890. The topological polar surface area (TPSA) is 94.5 Å². The highest BCUT2D eigenvalue weighted by molar-refractivity contribution is 6.01.